The second-order valence-electron chi connectivity index (χ2n) is 6.99. The first kappa shape index (κ1) is 22.6. The highest BCUT2D eigenvalue weighted by molar-refractivity contribution is 5.99. The van der Waals surface area contributed by atoms with Gasteiger partial charge in [0.25, 0.3) is 5.91 Å². The molecule has 0 saturated heterocycles. The van der Waals surface area contributed by atoms with E-state index in [2.05, 4.69) is 5.32 Å². The van der Waals surface area contributed by atoms with Crippen LogP contribution in [0.4, 0.5) is 10.1 Å². The van der Waals surface area contributed by atoms with Crippen molar-refractivity contribution < 1.29 is 18.7 Å². The quantitative estimate of drug-likeness (QED) is 0.429. The molecule has 0 spiro atoms. The molecular formula is C23H24FN3O3. The standard InChI is InChI=1S/C23H24FN3O3/c1-15(18-7-9-20(24)10-8-18)26-22(28)16(2)30-23(29)19(14-25)13-17-5-11-21(12-6-17)27(3)4/h5-13,15-16H,1-4H3,(H,26,28)/b19-13+. The van der Waals surface area contributed by atoms with Crippen molar-refractivity contribution in [1.29, 1.82) is 5.26 Å². The molecule has 0 aromatic heterocycles. The van der Waals surface area contributed by atoms with Crippen molar-refractivity contribution in [3.8, 4) is 6.07 Å². The smallest absolute Gasteiger partial charge is 0.349 e. The molecule has 0 radical (unpaired) electrons. The Morgan fingerprint density at radius 1 is 1.10 bits per heavy atom. The van der Waals surface area contributed by atoms with Crippen molar-refractivity contribution in [3.05, 3.63) is 71.0 Å². The summed E-state index contributed by atoms with van der Waals surface area (Å²) in [5.74, 6) is -1.77. The Balaban J connectivity index is 2.00. The predicted octanol–water partition coefficient (Wildman–Crippen LogP) is 3.61. The average Bonchev–Trinajstić information content (AvgIpc) is 2.72. The zero-order valence-corrected chi connectivity index (χ0v) is 17.3. The zero-order valence-electron chi connectivity index (χ0n) is 17.3. The van der Waals surface area contributed by atoms with Crippen molar-refractivity contribution in [2.24, 2.45) is 0 Å². The number of hydrogen-bond acceptors (Lipinski definition) is 5. The minimum Gasteiger partial charge on any atom is -0.448 e. The van der Waals surface area contributed by atoms with E-state index in [9.17, 15) is 19.2 Å². The van der Waals surface area contributed by atoms with Gasteiger partial charge in [0.1, 0.15) is 17.5 Å². The number of rotatable bonds is 7. The summed E-state index contributed by atoms with van der Waals surface area (Å²) in [4.78, 5) is 26.6. The van der Waals surface area contributed by atoms with E-state index in [-0.39, 0.29) is 11.4 Å². The molecule has 1 N–H and O–H groups in total. The number of carbonyl (C=O) groups is 2. The molecule has 0 bridgehead atoms. The molecule has 2 unspecified atom stereocenters. The Kier molecular flexibility index (Phi) is 7.70. The fourth-order valence-corrected chi connectivity index (χ4v) is 2.62. The van der Waals surface area contributed by atoms with Crippen LogP contribution >= 0.6 is 0 Å². The van der Waals surface area contributed by atoms with Crippen molar-refractivity contribution in [2.45, 2.75) is 26.0 Å². The van der Waals surface area contributed by atoms with Crippen LogP contribution in [0.3, 0.4) is 0 Å². The number of nitriles is 1. The number of esters is 1. The van der Waals surface area contributed by atoms with Crippen LogP contribution in [0.25, 0.3) is 6.08 Å². The van der Waals surface area contributed by atoms with Gasteiger partial charge in [0.05, 0.1) is 6.04 Å². The molecule has 0 aliphatic carbocycles. The van der Waals surface area contributed by atoms with Crippen LogP contribution in [0, 0.1) is 17.1 Å². The molecule has 30 heavy (non-hydrogen) atoms. The normalized spacial score (nSPS) is 13.0. The summed E-state index contributed by atoms with van der Waals surface area (Å²) >= 11 is 0. The third kappa shape index (κ3) is 6.17. The Bertz CT molecular complexity index is 961. The SMILES string of the molecule is CC(OC(=O)/C(C#N)=C/c1ccc(N(C)C)cc1)C(=O)NC(C)c1ccc(F)cc1. The third-order valence-corrected chi connectivity index (χ3v) is 4.44. The Morgan fingerprint density at radius 2 is 1.70 bits per heavy atom. The van der Waals surface area contributed by atoms with Crippen LogP contribution in [0.2, 0.25) is 0 Å². The molecule has 0 aliphatic rings. The zero-order chi connectivity index (χ0) is 22.3. The number of ether oxygens (including phenoxy) is 1. The monoisotopic (exact) mass is 409 g/mol. The van der Waals surface area contributed by atoms with Gasteiger partial charge >= 0.3 is 5.97 Å². The molecule has 7 heteroatoms. The van der Waals surface area contributed by atoms with Crippen LogP contribution in [-0.2, 0) is 14.3 Å². The Labute approximate surface area is 175 Å². The van der Waals surface area contributed by atoms with E-state index >= 15 is 0 Å². The number of anilines is 1. The van der Waals surface area contributed by atoms with Crippen molar-refractivity contribution in [3.63, 3.8) is 0 Å². The van der Waals surface area contributed by atoms with Crippen LogP contribution in [0.1, 0.15) is 31.0 Å². The summed E-state index contributed by atoms with van der Waals surface area (Å²) in [6.07, 6.45) is 0.307. The van der Waals surface area contributed by atoms with Crippen LogP contribution in [-0.4, -0.2) is 32.1 Å². The van der Waals surface area contributed by atoms with Gasteiger partial charge < -0.3 is 15.0 Å². The molecule has 156 valence electrons. The van der Waals surface area contributed by atoms with Gasteiger partial charge in [-0.3, -0.25) is 4.79 Å². The maximum atomic E-state index is 13.0. The summed E-state index contributed by atoms with van der Waals surface area (Å²) in [6.45, 7) is 3.16. The molecular weight excluding hydrogens is 385 g/mol. The van der Waals surface area contributed by atoms with Gasteiger partial charge in [-0.15, -0.1) is 0 Å². The van der Waals surface area contributed by atoms with Crippen molar-refractivity contribution in [1.82, 2.24) is 5.32 Å². The fourth-order valence-electron chi connectivity index (χ4n) is 2.62. The highest BCUT2D eigenvalue weighted by Gasteiger charge is 2.22. The number of carbonyl (C=O) groups excluding carboxylic acids is 2. The van der Waals surface area contributed by atoms with Gasteiger partial charge in [-0.05, 0) is 55.3 Å². The molecule has 0 aliphatic heterocycles. The summed E-state index contributed by atoms with van der Waals surface area (Å²) in [7, 11) is 3.82. The second kappa shape index (κ2) is 10.2. The Morgan fingerprint density at radius 3 is 2.23 bits per heavy atom. The number of amides is 1. The summed E-state index contributed by atoms with van der Waals surface area (Å²) in [5.41, 5.74) is 2.14. The largest absolute Gasteiger partial charge is 0.448 e. The number of hydrogen-bond donors (Lipinski definition) is 1. The van der Waals surface area contributed by atoms with Gasteiger partial charge in [-0.1, -0.05) is 24.3 Å². The van der Waals surface area contributed by atoms with E-state index in [0.717, 1.165) is 5.69 Å². The van der Waals surface area contributed by atoms with E-state index in [4.69, 9.17) is 4.74 Å². The molecule has 2 atom stereocenters. The lowest BCUT2D eigenvalue weighted by atomic mass is 10.1. The first-order chi connectivity index (χ1) is 14.2. The van der Waals surface area contributed by atoms with Crippen LogP contribution in [0.5, 0.6) is 0 Å². The van der Waals surface area contributed by atoms with E-state index in [0.29, 0.717) is 11.1 Å². The molecule has 2 rings (SSSR count). The second-order valence-corrected chi connectivity index (χ2v) is 6.99. The first-order valence-electron chi connectivity index (χ1n) is 9.37. The van der Waals surface area contributed by atoms with Gasteiger partial charge in [-0.25, -0.2) is 9.18 Å². The van der Waals surface area contributed by atoms with Gasteiger partial charge in [0.15, 0.2) is 6.10 Å². The van der Waals surface area contributed by atoms with Gasteiger partial charge in [0.2, 0.25) is 0 Å². The van der Waals surface area contributed by atoms with E-state index in [1.165, 1.54) is 25.1 Å². The number of benzene rings is 2. The molecule has 0 saturated carbocycles. The Hall–Kier alpha value is -3.66. The summed E-state index contributed by atoms with van der Waals surface area (Å²) in [5, 5.41) is 12.0. The lowest BCUT2D eigenvalue weighted by Gasteiger charge is -2.18. The fraction of sp³-hybridized carbons (Fsp3) is 0.261. The van der Waals surface area contributed by atoms with Crippen LogP contribution < -0.4 is 10.2 Å². The topological polar surface area (TPSA) is 82.4 Å². The van der Waals surface area contributed by atoms with Gasteiger partial charge in [0, 0.05) is 19.8 Å². The molecule has 0 heterocycles. The number of halogens is 1. The van der Waals surface area contributed by atoms with E-state index < -0.39 is 24.0 Å². The molecule has 0 fully saturated rings. The predicted molar refractivity (Wildman–Crippen MR) is 113 cm³/mol. The van der Waals surface area contributed by atoms with Gasteiger partial charge in [-0.2, -0.15) is 5.26 Å². The minimum atomic E-state index is -1.10. The lowest BCUT2D eigenvalue weighted by Crippen LogP contribution is -2.37. The van der Waals surface area contributed by atoms with Crippen LogP contribution in [0.15, 0.2) is 54.1 Å². The van der Waals surface area contributed by atoms with E-state index in [1.807, 2.05) is 37.2 Å². The van der Waals surface area contributed by atoms with Crippen molar-refractivity contribution >= 4 is 23.6 Å². The highest BCUT2D eigenvalue weighted by Crippen LogP contribution is 2.16. The third-order valence-electron chi connectivity index (χ3n) is 4.44. The maximum Gasteiger partial charge on any atom is 0.349 e. The molecule has 6 nitrogen and oxygen atoms in total. The molecule has 2 aromatic carbocycles. The van der Waals surface area contributed by atoms with E-state index in [1.54, 1.807) is 31.2 Å². The van der Waals surface area contributed by atoms with Crippen molar-refractivity contribution in [2.75, 3.05) is 19.0 Å². The summed E-state index contributed by atoms with van der Waals surface area (Å²) < 4.78 is 18.2. The number of nitrogens with zero attached hydrogens (tertiary/aromatic N) is 2. The maximum absolute atomic E-state index is 13.0. The molecule has 1 amide bonds. The summed E-state index contributed by atoms with van der Waals surface area (Å²) in [6, 6.07) is 14.4. The number of nitrogens with one attached hydrogen (secondary N) is 1. The molecule has 2 aromatic rings. The first-order valence-corrected chi connectivity index (χ1v) is 9.37. The highest BCUT2D eigenvalue weighted by atomic mass is 19.1. The lowest BCUT2D eigenvalue weighted by molar-refractivity contribution is -0.151. The minimum absolute atomic E-state index is 0.209. The average molecular weight is 409 g/mol.